The largest absolute Gasteiger partial charge is 0.491 e. The highest BCUT2D eigenvalue weighted by Crippen LogP contribution is 1.99. The van der Waals surface area contributed by atoms with Crippen LogP contribution in [-0.4, -0.2) is 15.0 Å². The fraction of sp³-hybridized carbons (Fsp3) is 0.167. The fourth-order valence-corrected chi connectivity index (χ4v) is 0.550. The summed E-state index contributed by atoms with van der Waals surface area (Å²) in [5.41, 5.74) is 0.635. The van der Waals surface area contributed by atoms with Crippen LogP contribution in [-0.2, 0) is 0 Å². The lowest BCUT2D eigenvalue weighted by atomic mass is 10.0. The number of H-pyrrole nitrogens is 1. The lowest BCUT2D eigenvalue weighted by molar-refractivity contribution is -0.356. The van der Waals surface area contributed by atoms with Gasteiger partial charge in [0.2, 0.25) is 14.0 Å². The van der Waals surface area contributed by atoms with Crippen molar-refractivity contribution in [1.29, 1.82) is 0 Å². The molecule has 9 heavy (non-hydrogen) atoms. The molecule has 1 heterocycles. The van der Waals surface area contributed by atoms with Gasteiger partial charge in [0, 0.05) is 0 Å². The van der Waals surface area contributed by atoms with E-state index in [-0.39, 0.29) is 0 Å². The molecule has 0 saturated heterocycles. The number of rotatable bonds is 1. The predicted octanol–water partition coefficient (Wildman–Crippen LogP) is -0.697. The quantitative estimate of drug-likeness (QED) is 0.449. The van der Waals surface area contributed by atoms with E-state index < -0.39 is 0 Å². The van der Waals surface area contributed by atoms with Crippen LogP contribution in [0.2, 0.25) is 0 Å². The standard InChI is InChI=1S/C6H6BNO/c1-9-5-2-3-6(7)8-4-5/h2-4H,1H3/p+1. The summed E-state index contributed by atoms with van der Waals surface area (Å²) in [5, 5.41) is 0. The fourth-order valence-electron chi connectivity index (χ4n) is 0.550. The summed E-state index contributed by atoms with van der Waals surface area (Å²) in [7, 11) is 6.98. The van der Waals surface area contributed by atoms with E-state index in [1.54, 1.807) is 25.4 Å². The van der Waals surface area contributed by atoms with Crippen molar-refractivity contribution in [1.82, 2.24) is 0 Å². The number of hydrogen-bond donors (Lipinski definition) is 0. The highest BCUT2D eigenvalue weighted by molar-refractivity contribution is 6.29. The molecule has 0 atom stereocenters. The zero-order valence-corrected chi connectivity index (χ0v) is 5.22. The molecular formula is C6H7BNO+. The highest BCUT2D eigenvalue weighted by atomic mass is 16.5. The summed E-state index contributed by atoms with van der Waals surface area (Å²) in [5.74, 6) is 0.782. The average molecular weight is 120 g/mol. The lowest BCUT2D eigenvalue weighted by Crippen LogP contribution is -2.26. The normalized spacial score (nSPS) is 9.00. The van der Waals surface area contributed by atoms with Crippen LogP contribution in [0.3, 0.4) is 0 Å². The summed E-state index contributed by atoms with van der Waals surface area (Å²) in [6, 6.07) is 3.55. The molecule has 0 bridgehead atoms. The number of nitrogens with one attached hydrogen (secondary N) is 1. The van der Waals surface area contributed by atoms with Crippen molar-refractivity contribution < 1.29 is 9.72 Å². The molecule has 1 aromatic rings. The van der Waals surface area contributed by atoms with Gasteiger partial charge < -0.3 is 4.74 Å². The van der Waals surface area contributed by atoms with Gasteiger partial charge >= 0.3 is 0 Å². The van der Waals surface area contributed by atoms with Crippen LogP contribution in [0.5, 0.6) is 5.75 Å². The summed E-state index contributed by atoms with van der Waals surface area (Å²) in [4.78, 5) is 2.80. The van der Waals surface area contributed by atoms with Gasteiger partial charge in [-0.2, -0.15) is 0 Å². The molecule has 1 aromatic heterocycles. The molecule has 0 amide bonds. The Kier molecular flexibility index (Phi) is 1.73. The van der Waals surface area contributed by atoms with Crippen LogP contribution in [0.4, 0.5) is 0 Å². The van der Waals surface area contributed by atoms with Gasteiger partial charge in [-0.3, -0.25) is 0 Å². The molecule has 0 aliphatic rings. The van der Waals surface area contributed by atoms with Crippen LogP contribution in [0, 0.1) is 0 Å². The van der Waals surface area contributed by atoms with Gasteiger partial charge in [0.1, 0.15) is 5.59 Å². The van der Waals surface area contributed by atoms with E-state index in [1.807, 2.05) is 0 Å². The number of ether oxygens (including phenoxy) is 1. The number of aromatic nitrogens is 1. The minimum Gasteiger partial charge on any atom is -0.491 e. The van der Waals surface area contributed by atoms with E-state index in [9.17, 15) is 0 Å². The zero-order valence-electron chi connectivity index (χ0n) is 5.22. The van der Waals surface area contributed by atoms with Crippen molar-refractivity contribution in [2.75, 3.05) is 7.11 Å². The molecule has 2 radical (unpaired) electrons. The molecule has 0 unspecified atom stereocenters. The SMILES string of the molecule is [B]c1ccc(OC)c[nH+]1. The molecule has 0 aliphatic carbocycles. The summed E-state index contributed by atoms with van der Waals surface area (Å²) in [6.45, 7) is 0. The molecule has 0 spiro atoms. The van der Waals surface area contributed by atoms with Crippen LogP contribution >= 0.6 is 0 Å². The van der Waals surface area contributed by atoms with Gasteiger partial charge in [0.15, 0.2) is 5.75 Å². The number of methoxy groups -OCH3 is 1. The first-order valence-electron chi connectivity index (χ1n) is 2.64. The number of aromatic amines is 1. The van der Waals surface area contributed by atoms with Gasteiger partial charge in [-0.15, -0.1) is 0 Å². The maximum Gasteiger partial charge on any atom is 0.212 e. The lowest BCUT2D eigenvalue weighted by Gasteiger charge is -1.92. The van der Waals surface area contributed by atoms with E-state index in [1.165, 1.54) is 0 Å². The van der Waals surface area contributed by atoms with Gasteiger partial charge in [-0.05, 0) is 12.1 Å². The van der Waals surface area contributed by atoms with E-state index in [0.29, 0.717) is 5.59 Å². The van der Waals surface area contributed by atoms with Gasteiger partial charge in [-0.25, -0.2) is 4.98 Å². The zero-order chi connectivity index (χ0) is 6.69. The molecule has 3 heteroatoms. The van der Waals surface area contributed by atoms with Crippen molar-refractivity contribution in [3.8, 4) is 5.75 Å². The third-order valence-corrected chi connectivity index (χ3v) is 1.04. The van der Waals surface area contributed by atoms with E-state index in [0.717, 1.165) is 5.75 Å². The molecule has 44 valence electrons. The second-order valence-electron chi connectivity index (χ2n) is 1.68. The number of pyridine rings is 1. The van der Waals surface area contributed by atoms with Crippen LogP contribution in [0.15, 0.2) is 18.3 Å². The Bertz CT molecular complexity index is 185. The molecule has 0 aliphatic heterocycles. The Balaban J connectivity index is 2.88. The second kappa shape index (κ2) is 2.53. The maximum atomic E-state index is 5.37. The molecule has 0 fully saturated rings. The van der Waals surface area contributed by atoms with Crippen molar-refractivity contribution in [3.63, 3.8) is 0 Å². The van der Waals surface area contributed by atoms with E-state index in [4.69, 9.17) is 12.6 Å². The van der Waals surface area contributed by atoms with Gasteiger partial charge in [-0.1, -0.05) is 0 Å². The van der Waals surface area contributed by atoms with Crippen molar-refractivity contribution in [2.45, 2.75) is 0 Å². The molecule has 1 N–H and O–H groups in total. The number of hydrogen-bond acceptors (Lipinski definition) is 1. The summed E-state index contributed by atoms with van der Waals surface area (Å²) in [6.07, 6.45) is 1.70. The average Bonchev–Trinajstić information content (AvgIpc) is 1.90. The van der Waals surface area contributed by atoms with Gasteiger partial charge in [0.25, 0.3) is 0 Å². The first-order valence-corrected chi connectivity index (χ1v) is 2.64. The minimum absolute atomic E-state index is 0.635. The van der Waals surface area contributed by atoms with Crippen molar-refractivity contribution >= 4 is 13.4 Å². The summed E-state index contributed by atoms with van der Waals surface area (Å²) < 4.78 is 4.88. The van der Waals surface area contributed by atoms with E-state index in [2.05, 4.69) is 4.98 Å². The van der Waals surface area contributed by atoms with Crippen LogP contribution < -0.4 is 15.3 Å². The summed E-state index contributed by atoms with van der Waals surface area (Å²) >= 11 is 0. The smallest absolute Gasteiger partial charge is 0.212 e. The third kappa shape index (κ3) is 1.45. The van der Waals surface area contributed by atoms with Crippen molar-refractivity contribution in [2.24, 2.45) is 0 Å². The Morgan fingerprint density at radius 2 is 2.33 bits per heavy atom. The first-order chi connectivity index (χ1) is 4.33. The molecule has 0 aromatic carbocycles. The van der Waals surface area contributed by atoms with Crippen LogP contribution in [0.1, 0.15) is 0 Å². The van der Waals surface area contributed by atoms with E-state index >= 15 is 0 Å². The Morgan fingerprint density at radius 1 is 1.56 bits per heavy atom. The monoisotopic (exact) mass is 120 g/mol. The van der Waals surface area contributed by atoms with Gasteiger partial charge in [0.05, 0.1) is 7.11 Å². The van der Waals surface area contributed by atoms with Crippen LogP contribution in [0.25, 0.3) is 0 Å². The Labute approximate surface area is 55.3 Å². The molecular weight excluding hydrogens is 113 g/mol. The molecule has 2 nitrogen and oxygen atoms in total. The highest BCUT2D eigenvalue weighted by Gasteiger charge is 1.93. The predicted molar refractivity (Wildman–Crippen MR) is 34.9 cm³/mol. The molecule has 0 saturated carbocycles. The topological polar surface area (TPSA) is 23.4 Å². The minimum atomic E-state index is 0.635. The second-order valence-corrected chi connectivity index (χ2v) is 1.68. The molecule has 1 rings (SSSR count). The maximum absolute atomic E-state index is 5.37. The van der Waals surface area contributed by atoms with Crippen molar-refractivity contribution in [3.05, 3.63) is 18.3 Å². The Morgan fingerprint density at radius 3 is 2.78 bits per heavy atom. The first kappa shape index (κ1) is 6.14. The third-order valence-electron chi connectivity index (χ3n) is 1.04. The Hall–Kier alpha value is -0.985.